The number of hydrogen-bond acceptors (Lipinski definition) is 6. The lowest BCUT2D eigenvalue weighted by Crippen LogP contribution is -2.36. The lowest BCUT2D eigenvalue weighted by molar-refractivity contribution is -0.385. The maximum absolute atomic E-state index is 12.9. The molecule has 0 heterocycles. The Labute approximate surface area is 151 Å². The van der Waals surface area contributed by atoms with Gasteiger partial charge in [0.2, 0.25) is 10.0 Å². The Kier molecular flexibility index (Phi) is 6.42. The minimum absolute atomic E-state index is 0.0648. The second kappa shape index (κ2) is 8.54. The fourth-order valence-corrected chi connectivity index (χ4v) is 3.68. The molecular weight excluding hydrogens is 360 g/mol. The van der Waals surface area contributed by atoms with Crippen LogP contribution in [0, 0.1) is 10.1 Å². The summed E-state index contributed by atoms with van der Waals surface area (Å²) in [5.41, 5.74) is 0.327. The zero-order valence-corrected chi connectivity index (χ0v) is 14.9. The third kappa shape index (κ3) is 4.87. The second-order valence-electron chi connectivity index (χ2n) is 5.32. The van der Waals surface area contributed by atoms with E-state index in [0.717, 1.165) is 10.4 Å². The second-order valence-corrected chi connectivity index (χ2v) is 7.26. The zero-order chi connectivity index (χ0) is 19.2. The number of esters is 1. The number of benzene rings is 2. The Balaban J connectivity index is 2.39. The van der Waals surface area contributed by atoms with E-state index < -0.39 is 27.5 Å². The van der Waals surface area contributed by atoms with Crippen molar-refractivity contribution in [2.45, 2.75) is 18.4 Å². The molecule has 0 aliphatic heterocycles. The molecule has 0 N–H and O–H groups in total. The molecule has 0 saturated heterocycles. The molecule has 0 aromatic heterocycles. The van der Waals surface area contributed by atoms with Crippen LogP contribution in [0.5, 0.6) is 0 Å². The molecule has 2 rings (SSSR count). The normalized spacial score (nSPS) is 11.3. The summed E-state index contributed by atoms with van der Waals surface area (Å²) in [5.74, 6) is -0.697. The average molecular weight is 378 g/mol. The summed E-state index contributed by atoms with van der Waals surface area (Å²) < 4.78 is 31.7. The Morgan fingerprint density at radius 3 is 2.46 bits per heavy atom. The van der Waals surface area contributed by atoms with Gasteiger partial charge in [-0.25, -0.2) is 8.42 Å². The third-order valence-corrected chi connectivity index (χ3v) is 5.27. The topological polar surface area (TPSA) is 107 Å². The minimum Gasteiger partial charge on any atom is -0.465 e. The molecule has 0 fully saturated rings. The van der Waals surface area contributed by atoms with E-state index in [2.05, 4.69) is 0 Å². The summed E-state index contributed by atoms with van der Waals surface area (Å²) in [4.78, 5) is 21.9. The molecular formula is C17H18N2O6S. The van der Waals surface area contributed by atoms with Crippen molar-refractivity contribution < 1.29 is 22.9 Å². The van der Waals surface area contributed by atoms with Crippen LogP contribution in [-0.2, 0) is 26.1 Å². The fourth-order valence-electron chi connectivity index (χ4n) is 2.27. The van der Waals surface area contributed by atoms with Crippen LogP contribution < -0.4 is 0 Å². The summed E-state index contributed by atoms with van der Waals surface area (Å²) in [5, 5.41) is 10.9. The highest BCUT2D eigenvalue weighted by atomic mass is 32.2. The number of sulfonamides is 1. The van der Waals surface area contributed by atoms with E-state index in [4.69, 9.17) is 4.74 Å². The van der Waals surface area contributed by atoms with Gasteiger partial charge in [0.15, 0.2) is 0 Å². The molecule has 0 unspecified atom stereocenters. The van der Waals surface area contributed by atoms with Crippen LogP contribution in [0.1, 0.15) is 12.5 Å². The molecule has 9 heteroatoms. The van der Waals surface area contributed by atoms with Crippen LogP contribution in [0.3, 0.4) is 0 Å². The van der Waals surface area contributed by atoms with Gasteiger partial charge in [0.1, 0.15) is 6.54 Å². The molecule has 0 bridgehead atoms. The first-order valence-electron chi connectivity index (χ1n) is 7.78. The van der Waals surface area contributed by atoms with E-state index in [0.29, 0.717) is 5.56 Å². The van der Waals surface area contributed by atoms with Gasteiger partial charge in [0.25, 0.3) is 5.69 Å². The van der Waals surface area contributed by atoms with E-state index in [1.165, 1.54) is 18.2 Å². The monoisotopic (exact) mass is 378 g/mol. The summed E-state index contributed by atoms with van der Waals surface area (Å²) in [6, 6.07) is 13.4. The molecule has 0 atom stereocenters. The molecule has 0 aliphatic rings. The number of rotatable bonds is 8. The van der Waals surface area contributed by atoms with Crippen molar-refractivity contribution in [1.29, 1.82) is 0 Å². The van der Waals surface area contributed by atoms with Gasteiger partial charge in [0.05, 0.1) is 16.4 Å². The van der Waals surface area contributed by atoms with E-state index in [1.807, 2.05) is 0 Å². The van der Waals surface area contributed by atoms with E-state index in [-0.39, 0.29) is 23.7 Å². The molecule has 2 aromatic rings. The number of carbonyl (C=O) groups excluding carboxylic acids is 1. The number of carbonyl (C=O) groups is 1. The largest absolute Gasteiger partial charge is 0.465 e. The summed E-state index contributed by atoms with van der Waals surface area (Å²) in [7, 11) is -4.14. The van der Waals surface area contributed by atoms with Gasteiger partial charge in [-0.05, 0) is 18.6 Å². The molecule has 0 spiro atoms. The number of nitro groups is 1. The van der Waals surface area contributed by atoms with Crippen molar-refractivity contribution in [3.63, 3.8) is 0 Å². The van der Waals surface area contributed by atoms with Crippen LogP contribution in [0.2, 0.25) is 0 Å². The van der Waals surface area contributed by atoms with Crippen molar-refractivity contribution >= 4 is 21.7 Å². The minimum atomic E-state index is -4.14. The first-order chi connectivity index (χ1) is 12.3. The van der Waals surface area contributed by atoms with Gasteiger partial charge in [-0.2, -0.15) is 4.31 Å². The van der Waals surface area contributed by atoms with Crippen molar-refractivity contribution in [3.8, 4) is 0 Å². The Bertz CT molecular complexity index is 883. The molecule has 138 valence electrons. The summed E-state index contributed by atoms with van der Waals surface area (Å²) in [6.07, 6.45) is 0. The van der Waals surface area contributed by atoms with Gasteiger partial charge < -0.3 is 4.74 Å². The maximum atomic E-state index is 12.9. The van der Waals surface area contributed by atoms with Crippen molar-refractivity contribution in [2.75, 3.05) is 13.2 Å². The Morgan fingerprint density at radius 2 is 1.85 bits per heavy atom. The molecule has 0 radical (unpaired) electrons. The highest BCUT2D eigenvalue weighted by molar-refractivity contribution is 7.89. The average Bonchev–Trinajstić information content (AvgIpc) is 2.62. The van der Waals surface area contributed by atoms with E-state index in [1.54, 1.807) is 37.3 Å². The first-order valence-corrected chi connectivity index (χ1v) is 9.22. The fraction of sp³-hybridized carbons (Fsp3) is 0.235. The predicted molar refractivity (Wildman–Crippen MR) is 93.8 cm³/mol. The van der Waals surface area contributed by atoms with E-state index in [9.17, 15) is 23.3 Å². The first kappa shape index (κ1) is 19.5. The molecule has 0 amide bonds. The van der Waals surface area contributed by atoms with Crippen molar-refractivity contribution in [2.24, 2.45) is 0 Å². The predicted octanol–water partition coefficient (Wildman–Crippen LogP) is 2.35. The number of hydrogen-bond donors (Lipinski definition) is 0. The molecule has 2 aromatic carbocycles. The zero-order valence-electron chi connectivity index (χ0n) is 14.1. The molecule has 0 saturated carbocycles. The summed E-state index contributed by atoms with van der Waals surface area (Å²) >= 11 is 0. The maximum Gasteiger partial charge on any atom is 0.321 e. The van der Waals surface area contributed by atoms with Gasteiger partial charge in [-0.1, -0.05) is 36.4 Å². The van der Waals surface area contributed by atoms with E-state index >= 15 is 0 Å². The smallest absolute Gasteiger partial charge is 0.321 e. The lowest BCUT2D eigenvalue weighted by Gasteiger charge is -2.21. The van der Waals surface area contributed by atoms with Crippen LogP contribution in [0.4, 0.5) is 5.69 Å². The number of ether oxygens (including phenoxy) is 1. The summed E-state index contributed by atoms with van der Waals surface area (Å²) in [6.45, 7) is 1.18. The van der Waals surface area contributed by atoms with Gasteiger partial charge >= 0.3 is 5.97 Å². The van der Waals surface area contributed by atoms with Crippen LogP contribution >= 0.6 is 0 Å². The molecule has 26 heavy (non-hydrogen) atoms. The lowest BCUT2D eigenvalue weighted by atomic mass is 10.2. The number of non-ortho nitro benzene ring substituents is 1. The van der Waals surface area contributed by atoms with Gasteiger partial charge in [-0.15, -0.1) is 0 Å². The van der Waals surface area contributed by atoms with Crippen LogP contribution in [-0.4, -0.2) is 36.8 Å². The SMILES string of the molecule is CCOC(=O)CN(Cc1ccccc1)S(=O)(=O)c1cccc([N+](=O)[O-])c1. The van der Waals surface area contributed by atoms with Crippen LogP contribution in [0.25, 0.3) is 0 Å². The number of nitro benzene ring substituents is 1. The quantitative estimate of drug-likeness (QED) is 0.396. The van der Waals surface area contributed by atoms with Crippen LogP contribution in [0.15, 0.2) is 59.5 Å². The van der Waals surface area contributed by atoms with Crippen molar-refractivity contribution in [1.82, 2.24) is 4.31 Å². The van der Waals surface area contributed by atoms with Gasteiger partial charge in [0, 0.05) is 18.7 Å². The third-order valence-electron chi connectivity index (χ3n) is 3.48. The molecule has 0 aliphatic carbocycles. The highest BCUT2D eigenvalue weighted by Gasteiger charge is 2.28. The Hall–Kier alpha value is -2.78. The number of nitrogens with zero attached hydrogens (tertiary/aromatic N) is 2. The standard InChI is InChI=1S/C17H18N2O6S/c1-2-25-17(20)13-18(12-14-7-4-3-5-8-14)26(23,24)16-10-6-9-15(11-16)19(21)22/h3-11H,2,12-13H2,1H3. The van der Waals surface area contributed by atoms with Gasteiger partial charge in [-0.3, -0.25) is 14.9 Å². The molecule has 8 nitrogen and oxygen atoms in total. The Morgan fingerprint density at radius 1 is 1.15 bits per heavy atom. The highest BCUT2D eigenvalue weighted by Crippen LogP contribution is 2.22. The van der Waals surface area contributed by atoms with Crippen molar-refractivity contribution in [3.05, 3.63) is 70.3 Å².